The van der Waals surface area contributed by atoms with E-state index in [1.165, 1.54) is 5.75 Å². The second kappa shape index (κ2) is 10.9. The van der Waals surface area contributed by atoms with E-state index in [1.807, 2.05) is 24.9 Å². The van der Waals surface area contributed by atoms with Gasteiger partial charge in [0.2, 0.25) is 5.95 Å². The van der Waals surface area contributed by atoms with E-state index >= 15 is 0 Å². The summed E-state index contributed by atoms with van der Waals surface area (Å²) in [6.07, 6.45) is 6.89. The second-order valence-corrected chi connectivity index (χ2v) is 5.83. The molecule has 0 radical (unpaired) electrons. The van der Waals surface area contributed by atoms with Crippen molar-refractivity contribution in [3.63, 3.8) is 0 Å². The average molecular weight is 436 g/mol. The van der Waals surface area contributed by atoms with Crippen LogP contribution in [0.5, 0.6) is 0 Å². The smallest absolute Gasteiger partial charge is 0.225 e. The maximum atomic E-state index is 4.38. The zero-order valence-corrected chi connectivity index (χ0v) is 16.4. The summed E-state index contributed by atoms with van der Waals surface area (Å²) in [5, 5.41) is 3.44. The van der Waals surface area contributed by atoms with E-state index in [-0.39, 0.29) is 24.0 Å². The van der Waals surface area contributed by atoms with E-state index in [1.54, 1.807) is 12.4 Å². The van der Waals surface area contributed by atoms with Gasteiger partial charge in [-0.05, 0) is 24.5 Å². The number of nitrogens with zero attached hydrogens (tertiary/aromatic N) is 5. The van der Waals surface area contributed by atoms with Crippen molar-refractivity contribution < 1.29 is 0 Å². The van der Waals surface area contributed by atoms with Crippen LogP contribution in [0.15, 0.2) is 23.5 Å². The summed E-state index contributed by atoms with van der Waals surface area (Å²) in [6, 6.07) is 1.85. The molecule has 1 N–H and O–H groups in total. The minimum atomic E-state index is 0. The van der Waals surface area contributed by atoms with Crippen molar-refractivity contribution in [1.82, 2.24) is 20.2 Å². The molecular weight excluding hydrogens is 411 g/mol. The highest BCUT2D eigenvalue weighted by molar-refractivity contribution is 14.0. The summed E-state index contributed by atoms with van der Waals surface area (Å²) in [5.41, 5.74) is 0. The monoisotopic (exact) mass is 436 g/mol. The van der Waals surface area contributed by atoms with Gasteiger partial charge in [-0.15, -0.1) is 24.0 Å². The van der Waals surface area contributed by atoms with Crippen molar-refractivity contribution in [1.29, 1.82) is 0 Å². The number of thioether (sulfide) groups is 1. The second-order valence-electron chi connectivity index (χ2n) is 4.84. The topological polar surface area (TPSA) is 56.7 Å². The fraction of sp³-hybridized carbons (Fsp3) is 0.643. The normalized spacial score (nSPS) is 15.5. The lowest BCUT2D eigenvalue weighted by Crippen LogP contribution is -2.53. The van der Waals surface area contributed by atoms with Crippen molar-refractivity contribution >= 4 is 47.6 Å². The van der Waals surface area contributed by atoms with Gasteiger partial charge in [0.15, 0.2) is 5.96 Å². The molecule has 2 rings (SSSR count). The Kier molecular flexibility index (Phi) is 9.53. The molecule has 0 atom stereocenters. The third kappa shape index (κ3) is 5.79. The van der Waals surface area contributed by atoms with Crippen molar-refractivity contribution in [2.45, 2.75) is 6.42 Å². The first kappa shape index (κ1) is 19.3. The predicted molar refractivity (Wildman–Crippen MR) is 106 cm³/mol. The zero-order valence-electron chi connectivity index (χ0n) is 13.2. The number of guanidine groups is 1. The number of aromatic nitrogens is 2. The number of hydrogen-bond acceptors (Lipinski definition) is 5. The van der Waals surface area contributed by atoms with E-state index in [0.717, 1.165) is 51.1 Å². The molecule has 0 amide bonds. The molecule has 0 aliphatic carbocycles. The summed E-state index contributed by atoms with van der Waals surface area (Å²) >= 11 is 1.88. The van der Waals surface area contributed by atoms with E-state index < -0.39 is 0 Å². The van der Waals surface area contributed by atoms with Crippen LogP contribution in [0.3, 0.4) is 0 Å². The Hall–Kier alpha value is -0.770. The standard InChI is InChI=1S/C14H24N6S.HI/c1-15-13(16-7-4-12-21-2)19-8-10-20(11-9-19)14-17-5-3-6-18-14;/h3,5-6H,4,7-12H2,1-2H3,(H,15,16);1H. The Morgan fingerprint density at radius 2 is 1.95 bits per heavy atom. The lowest BCUT2D eigenvalue weighted by molar-refractivity contribution is 0.370. The Morgan fingerprint density at radius 3 is 2.55 bits per heavy atom. The van der Waals surface area contributed by atoms with Crippen LogP contribution in [0, 0.1) is 0 Å². The fourth-order valence-electron chi connectivity index (χ4n) is 2.32. The van der Waals surface area contributed by atoms with Gasteiger partial charge in [0.1, 0.15) is 0 Å². The Morgan fingerprint density at radius 1 is 1.27 bits per heavy atom. The molecule has 1 saturated heterocycles. The molecule has 1 fully saturated rings. The predicted octanol–water partition coefficient (Wildman–Crippen LogP) is 1.55. The molecule has 8 heteroatoms. The molecular formula is C14H25IN6S. The van der Waals surface area contributed by atoms with Crippen LogP contribution in [-0.4, -0.2) is 72.6 Å². The molecule has 1 aromatic heterocycles. The highest BCUT2D eigenvalue weighted by Gasteiger charge is 2.20. The van der Waals surface area contributed by atoms with Gasteiger partial charge >= 0.3 is 0 Å². The van der Waals surface area contributed by atoms with Crippen molar-refractivity contribution in [3.05, 3.63) is 18.5 Å². The van der Waals surface area contributed by atoms with Crippen molar-refractivity contribution in [2.75, 3.05) is 56.7 Å². The Bertz CT molecular complexity index is 436. The van der Waals surface area contributed by atoms with Crippen LogP contribution in [0.2, 0.25) is 0 Å². The molecule has 0 unspecified atom stereocenters. The minimum absolute atomic E-state index is 0. The first-order chi connectivity index (χ1) is 10.3. The number of rotatable bonds is 5. The van der Waals surface area contributed by atoms with Gasteiger partial charge in [0.05, 0.1) is 0 Å². The number of hydrogen-bond donors (Lipinski definition) is 1. The van der Waals surface area contributed by atoms with E-state index in [9.17, 15) is 0 Å². The summed E-state index contributed by atoms with van der Waals surface area (Å²) in [6.45, 7) is 4.72. The van der Waals surface area contributed by atoms with Gasteiger partial charge in [0.25, 0.3) is 0 Å². The SMILES string of the molecule is CN=C(NCCCSC)N1CCN(c2ncccn2)CC1.I. The highest BCUT2D eigenvalue weighted by atomic mass is 127. The summed E-state index contributed by atoms with van der Waals surface area (Å²) in [5.74, 6) is 3.01. The zero-order chi connectivity index (χ0) is 14.9. The molecule has 0 spiro atoms. The molecule has 2 heterocycles. The van der Waals surface area contributed by atoms with Crippen LogP contribution in [-0.2, 0) is 0 Å². The van der Waals surface area contributed by atoms with Crippen molar-refractivity contribution in [2.24, 2.45) is 4.99 Å². The third-order valence-electron chi connectivity index (χ3n) is 3.43. The summed E-state index contributed by atoms with van der Waals surface area (Å²) in [4.78, 5) is 17.5. The van der Waals surface area contributed by atoms with E-state index in [4.69, 9.17) is 0 Å². The maximum Gasteiger partial charge on any atom is 0.225 e. The summed E-state index contributed by atoms with van der Waals surface area (Å²) < 4.78 is 0. The quantitative estimate of drug-likeness (QED) is 0.327. The van der Waals surface area contributed by atoms with Gasteiger partial charge in [0, 0.05) is 52.2 Å². The first-order valence-electron chi connectivity index (χ1n) is 7.31. The van der Waals surface area contributed by atoms with E-state index in [2.05, 4.69) is 36.3 Å². The fourth-order valence-corrected chi connectivity index (χ4v) is 2.75. The number of nitrogens with one attached hydrogen (secondary N) is 1. The molecule has 124 valence electrons. The Balaban J connectivity index is 0.00000242. The van der Waals surface area contributed by atoms with Crippen molar-refractivity contribution in [3.8, 4) is 0 Å². The molecule has 6 nitrogen and oxygen atoms in total. The minimum Gasteiger partial charge on any atom is -0.356 e. The van der Waals surface area contributed by atoms with E-state index in [0.29, 0.717) is 0 Å². The number of aliphatic imine (C=N–C) groups is 1. The molecule has 0 saturated carbocycles. The lowest BCUT2D eigenvalue weighted by atomic mass is 10.3. The number of anilines is 1. The number of halogens is 1. The Labute approximate surface area is 154 Å². The molecule has 0 aromatic carbocycles. The van der Waals surface area contributed by atoms with Gasteiger partial charge in [-0.1, -0.05) is 0 Å². The van der Waals surface area contributed by atoms with Gasteiger partial charge < -0.3 is 15.1 Å². The number of piperazine rings is 1. The molecule has 1 aliphatic rings. The van der Waals surface area contributed by atoms with Gasteiger partial charge in [-0.25, -0.2) is 9.97 Å². The molecule has 22 heavy (non-hydrogen) atoms. The lowest BCUT2D eigenvalue weighted by Gasteiger charge is -2.36. The molecule has 1 aromatic rings. The van der Waals surface area contributed by atoms with Crippen LogP contribution in [0.25, 0.3) is 0 Å². The molecule has 1 aliphatic heterocycles. The highest BCUT2D eigenvalue weighted by Crippen LogP contribution is 2.09. The maximum absolute atomic E-state index is 4.38. The third-order valence-corrected chi connectivity index (χ3v) is 4.13. The first-order valence-corrected chi connectivity index (χ1v) is 8.71. The van der Waals surface area contributed by atoms with Gasteiger partial charge in [-0.3, -0.25) is 4.99 Å². The van der Waals surface area contributed by atoms with Crippen LogP contribution in [0.1, 0.15) is 6.42 Å². The summed E-state index contributed by atoms with van der Waals surface area (Å²) in [7, 11) is 1.85. The van der Waals surface area contributed by atoms with Gasteiger partial charge in [-0.2, -0.15) is 11.8 Å². The largest absolute Gasteiger partial charge is 0.356 e. The average Bonchev–Trinajstić information content (AvgIpc) is 2.56. The van der Waals surface area contributed by atoms with Crippen LogP contribution in [0.4, 0.5) is 5.95 Å². The van der Waals surface area contributed by atoms with Crippen LogP contribution >= 0.6 is 35.7 Å². The molecule has 0 bridgehead atoms. The van der Waals surface area contributed by atoms with Crippen LogP contribution < -0.4 is 10.2 Å².